The Balaban J connectivity index is 1.61. The molecule has 1 unspecified atom stereocenters. The van der Waals surface area contributed by atoms with Crippen molar-refractivity contribution in [3.05, 3.63) is 52.5 Å². The van der Waals surface area contributed by atoms with E-state index in [-0.39, 0.29) is 12.0 Å². The summed E-state index contributed by atoms with van der Waals surface area (Å²) < 4.78 is 10.5. The van der Waals surface area contributed by atoms with E-state index in [1.807, 2.05) is 0 Å². The molecular formula is C18H16Cl2N2O4. The number of rotatable bonds is 5. The lowest BCUT2D eigenvalue weighted by Crippen LogP contribution is -2.30. The Morgan fingerprint density at radius 1 is 1.23 bits per heavy atom. The molecule has 0 saturated carbocycles. The van der Waals surface area contributed by atoms with E-state index in [0.29, 0.717) is 40.3 Å². The molecule has 1 heterocycles. The third kappa shape index (κ3) is 4.20. The van der Waals surface area contributed by atoms with Crippen LogP contribution in [0.4, 0.5) is 16.2 Å². The van der Waals surface area contributed by atoms with E-state index in [4.69, 9.17) is 32.7 Å². The molecule has 1 aliphatic rings. The fourth-order valence-electron chi connectivity index (χ4n) is 2.41. The van der Waals surface area contributed by atoms with Crippen LogP contribution in [0.1, 0.15) is 6.92 Å². The average molecular weight is 395 g/mol. The molecule has 1 saturated heterocycles. The van der Waals surface area contributed by atoms with Gasteiger partial charge in [0, 0.05) is 16.4 Å². The Morgan fingerprint density at radius 3 is 2.58 bits per heavy atom. The van der Waals surface area contributed by atoms with E-state index in [9.17, 15) is 9.59 Å². The highest BCUT2D eigenvalue weighted by atomic mass is 35.5. The topological polar surface area (TPSA) is 67.9 Å². The van der Waals surface area contributed by atoms with E-state index in [0.717, 1.165) is 0 Å². The zero-order chi connectivity index (χ0) is 18.7. The molecule has 1 N–H and O–H groups in total. The largest absolute Gasteiger partial charge is 0.479 e. The Bertz CT molecular complexity index is 826. The molecule has 0 aromatic heterocycles. The van der Waals surface area contributed by atoms with Crippen molar-refractivity contribution in [2.24, 2.45) is 0 Å². The van der Waals surface area contributed by atoms with Crippen LogP contribution >= 0.6 is 23.2 Å². The highest BCUT2D eigenvalue weighted by Crippen LogP contribution is 2.28. The first kappa shape index (κ1) is 18.4. The minimum Gasteiger partial charge on any atom is -0.479 e. The fraction of sp³-hybridized carbons (Fsp3) is 0.222. The number of halogens is 2. The van der Waals surface area contributed by atoms with Crippen LogP contribution in [0.2, 0.25) is 10.0 Å². The van der Waals surface area contributed by atoms with Gasteiger partial charge in [-0.25, -0.2) is 4.79 Å². The number of benzene rings is 2. The first-order valence-corrected chi connectivity index (χ1v) is 8.66. The molecule has 0 radical (unpaired) electrons. The van der Waals surface area contributed by atoms with Gasteiger partial charge < -0.3 is 14.8 Å². The number of ether oxygens (including phenoxy) is 2. The van der Waals surface area contributed by atoms with Crippen LogP contribution in [-0.2, 0) is 9.53 Å². The molecular weight excluding hydrogens is 379 g/mol. The molecule has 0 spiro atoms. The second kappa shape index (κ2) is 7.85. The third-order valence-electron chi connectivity index (χ3n) is 3.77. The molecule has 2 amide bonds. The van der Waals surface area contributed by atoms with Crippen LogP contribution in [0.15, 0.2) is 42.5 Å². The molecule has 6 nitrogen and oxygen atoms in total. The molecule has 26 heavy (non-hydrogen) atoms. The number of nitrogens with one attached hydrogen (secondary N) is 1. The molecule has 0 bridgehead atoms. The summed E-state index contributed by atoms with van der Waals surface area (Å²) in [4.78, 5) is 25.4. The number of hydrogen-bond donors (Lipinski definition) is 1. The van der Waals surface area contributed by atoms with Gasteiger partial charge in [0.2, 0.25) is 0 Å². The molecule has 1 fully saturated rings. The standard InChI is InChI=1S/C18H16Cl2N2O4/c1-11(26-16-7-2-12(19)10-15(16)20)17(23)21-13-3-5-14(6-4-13)22-8-9-25-18(22)24/h2-7,10-11H,8-9H2,1H3,(H,21,23). The number of nitrogens with zero attached hydrogens (tertiary/aromatic N) is 1. The van der Waals surface area contributed by atoms with E-state index in [1.165, 1.54) is 4.90 Å². The summed E-state index contributed by atoms with van der Waals surface area (Å²) in [5, 5.41) is 3.57. The summed E-state index contributed by atoms with van der Waals surface area (Å²) in [6.07, 6.45) is -1.13. The summed E-state index contributed by atoms with van der Waals surface area (Å²) in [5.74, 6) is 0.0472. The Labute approximate surface area is 160 Å². The number of hydrogen-bond acceptors (Lipinski definition) is 4. The van der Waals surface area contributed by atoms with Crippen LogP contribution in [-0.4, -0.2) is 31.3 Å². The van der Waals surface area contributed by atoms with Crippen LogP contribution in [0.25, 0.3) is 0 Å². The zero-order valence-electron chi connectivity index (χ0n) is 13.9. The van der Waals surface area contributed by atoms with Crippen LogP contribution in [0.3, 0.4) is 0 Å². The van der Waals surface area contributed by atoms with Gasteiger partial charge in [-0.15, -0.1) is 0 Å². The molecule has 0 aliphatic carbocycles. The van der Waals surface area contributed by atoms with Gasteiger partial charge >= 0.3 is 6.09 Å². The lowest BCUT2D eigenvalue weighted by atomic mass is 10.2. The number of cyclic esters (lactones) is 1. The minimum absolute atomic E-state index is 0.329. The fourth-order valence-corrected chi connectivity index (χ4v) is 2.86. The molecule has 1 atom stereocenters. The molecule has 8 heteroatoms. The van der Waals surface area contributed by atoms with Gasteiger partial charge in [-0.05, 0) is 49.4 Å². The van der Waals surface area contributed by atoms with Crippen molar-refractivity contribution in [3.63, 3.8) is 0 Å². The lowest BCUT2D eigenvalue weighted by Gasteiger charge is -2.17. The summed E-state index contributed by atoms with van der Waals surface area (Å²) in [6.45, 7) is 2.51. The Kier molecular flexibility index (Phi) is 5.54. The van der Waals surface area contributed by atoms with Crippen LogP contribution < -0.4 is 15.0 Å². The molecule has 1 aliphatic heterocycles. The van der Waals surface area contributed by atoms with Crippen molar-refractivity contribution in [1.29, 1.82) is 0 Å². The van der Waals surface area contributed by atoms with Crippen LogP contribution in [0, 0.1) is 0 Å². The Morgan fingerprint density at radius 2 is 1.96 bits per heavy atom. The lowest BCUT2D eigenvalue weighted by molar-refractivity contribution is -0.122. The van der Waals surface area contributed by atoms with E-state index >= 15 is 0 Å². The van der Waals surface area contributed by atoms with Crippen molar-refractivity contribution in [2.75, 3.05) is 23.4 Å². The van der Waals surface area contributed by atoms with E-state index < -0.39 is 6.10 Å². The van der Waals surface area contributed by atoms with Crippen molar-refractivity contribution in [1.82, 2.24) is 0 Å². The third-order valence-corrected chi connectivity index (χ3v) is 4.30. The van der Waals surface area contributed by atoms with Gasteiger partial charge in [-0.1, -0.05) is 23.2 Å². The SMILES string of the molecule is CC(Oc1ccc(Cl)cc1Cl)C(=O)Nc1ccc(N2CCOC2=O)cc1. The molecule has 136 valence electrons. The molecule has 2 aromatic carbocycles. The second-order valence-electron chi connectivity index (χ2n) is 5.64. The van der Waals surface area contributed by atoms with Crippen molar-refractivity contribution >= 4 is 46.6 Å². The predicted molar refractivity (Wildman–Crippen MR) is 100 cm³/mol. The monoisotopic (exact) mass is 394 g/mol. The van der Waals surface area contributed by atoms with E-state index in [1.54, 1.807) is 49.4 Å². The zero-order valence-corrected chi connectivity index (χ0v) is 15.4. The van der Waals surface area contributed by atoms with Gasteiger partial charge in [0.05, 0.1) is 11.6 Å². The van der Waals surface area contributed by atoms with Gasteiger partial charge in [-0.2, -0.15) is 0 Å². The summed E-state index contributed by atoms with van der Waals surface area (Å²) in [7, 11) is 0. The molecule has 3 rings (SSSR count). The van der Waals surface area contributed by atoms with E-state index in [2.05, 4.69) is 5.32 Å². The normalized spacial score (nSPS) is 14.7. The van der Waals surface area contributed by atoms with Crippen molar-refractivity contribution < 1.29 is 19.1 Å². The van der Waals surface area contributed by atoms with Gasteiger partial charge in [0.25, 0.3) is 5.91 Å². The Hall–Kier alpha value is -2.44. The quantitative estimate of drug-likeness (QED) is 0.817. The average Bonchev–Trinajstić information content (AvgIpc) is 3.04. The first-order valence-electron chi connectivity index (χ1n) is 7.91. The van der Waals surface area contributed by atoms with Crippen molar-refractivity contribution in [2.45, 2.75) is 13.0 Å². The highest BCUT2D eigenvalue weighted by molar-refractivity contribution is 6.35. The first-order chi connectivity index (χ1) is 12.4. The minimum atomic E-state index is -0.762. The van der Waals surface area contributed by atoms with Crippen LogP contribution in [0.5, 0.6) is 5.75 Å². The second-order valence-corrected chi connectivity index (χ2v) is 6.48. The van der Waals surface area contributed by atoms with Gasteiger partial charge in [0.1, 0.15) is 12.4 Å². The number of carbonyl (C=O) groups is 2. The van der Waals surface area contributed by atoms with Gasteiger partial charge in [-0.3, -0.25) is 9.69 Å². The number of anilines is 2. The summed E-state index contributed by atoms with van der Waals surface area (Å²) in [6, 6.07) is 11.7. The number of amides is 2. The predicted octanol–water partition coefficient (Wildman–Crippen LogP) is 4.36. The highest BCUT2D eigenvalue weighted by Gasteiger charge is 2.23. The smallest absolute Gasteiger partial charge is 0.414 e. The maximum atomic E-state index is 12.3. The van der Waals surface area contributed by atoms with Crippen molar-refractivity contribution in [3.8, 4) is 5.75 Å². The maximum Gasteiger partial charge on any atom is 0.414 e. The molecule has 2 aromatic rings. The summed E-state index contributed by atoms with van der Waals surface area (Å²) >= 11 is 11.9. The summed E-state index contributed by atoms with van der Waals surface area (Å²) in [5.41, 5.74) is 1.30. The number of carbonyl (C=O) groups excluding carboxylic acids is 2. The van der Waals surface area contributed by atoms with Gasteiger partial charge in [0.15, 0.2) is 6.10 Å². The maximum absolute atomic E-state index is 12.3.